The van der Waals surface area contributed by atoms with Crippen LogP contribution < -0.4 is 0 Å². The summed E-state index contributed by atoms with van der Waals surface area (Å²) in [5.74, 6) is -3.09. The van der Waals surface area contributed by atoms with Gasteiger partial charge in [-0.15, -0.1) is 0 Å². The average Bonchev–Trinajstić information content (AvgIpc) is 2.43. The second-order valence-corrected chi connectivity index (χ2v) is 3.88. The van der Waals surface area contributed by atoms with Gasteiger partial charge in [0.1, 0.15) is 0 Å². The van der Waals surface area contributed by atoms with Gasteiger partial charge in [-0.3, -0.25) is 0 Å². The molecule has 98 valence electrons. The molecule has 0 saturated carbocycles. The van der Waals surface area contributed by atoms with Crippen LogP contribution in [0, 0.1) is 11.6 Å². The highest BCUT2D eigenvalue weighted by Crippen LogP contribution is 2.26. The van der Waals surface area contributed by atoms with Gasteiger partial charge >= 0.3 is 5.97 Å². The number of carbonyl (C=O) groups is 1. The first-order chi connectivity index (χ1) is 9.15. The molecular weight excluding hydrogens is 250 g/mol. The Balaban J connectivity index is 2.46. The summed E-state index contributed by atoms with van der Waals surface area (Å²) in [4.78, 5) is 11.4. The lowest BCUT2D eigenvalue weighted by Crippen LogP contribution is -2.09. The third-order valence-corrected chi connectivity index (χ3v) is 2.66. The number of hydrogen-bond acceptors (Lipinski definition) is 2. The predicted molar refractivity (Wildman–Crippen MR) is 67.8 cm³/mol. The number of benzene rings is 2. The molecule has 0 spiro atoms. The normalized spacial score (nSPS) is 10.3. The van der Waals surface area contributed by atoms with Crippen LogP contribution in [0.15, 0.2) is 42.5 Å². The molecule has 0 saturated heterocycles. The number of carbonyl (C=O) groups excluding carboxylic acids is 1. The maximum atomic E-state index is 14.0. The van der Waals surface area contributed by atoms with Gasteiger partial charge in [-0.1, -0.05) is 36.4 Å². The molecule has 0 aliphatic heterocycles. The van der Waals surface area contributed by atoms with E-state index in [-0.39, 0.29) is 17.7 Å². The highest BCUT2D eigenvalue weighted by atomic mass is 19.2. The fraction of sp³-hybridized carbons (Fsp3) is 0.133. The van der Waals surface area contributed by atoms with E-state index in [1.165, 1.54) is 12.1 Å². The zero-order valence-electron chi connectivity index (χ0n) is 10.3. The van der Waals surface area contributed by atoms with Crippen molar-refractivity contribution in [2.75, 3.05) is 6.61 Å². The van der Waals surface area contributed by atoms with Crippen LogP contribution in [0.25, 0.3) is 11.1 Å². The molecule has 2 aromatic carbocycles. The van der Waals surface area contributed by atoms with Gasteiger partial charge in [0.25, 0.3) is 0 Å². The van der Waals surface area contributed by atoms with E-state index in [1.54, 1.807) is 37.3 Å². The molecule has 0 aliphatic carbocycles. The first-order valence-electron chi connectivity index (χ1n) is 5.85. The zero-order chi connectivity index (χ0) is 13.8. The van der Waals surface area contributed by atoms with Crippen LogP contribution >= 0.6 is 0 Å². The Hall–Kier alpha value is -2.23. The van der Waals surface area contributed by atoms with Crippen molar-refractivity contribution in [2.45, 2.75) is 6.92 Å². The molecule has 2 rings (SSSR count). The highest BCUT2D eigenvalue weighted by molar-refractivity contribution is 5.90. The molecule has 2 aromatic rings. The van der Waals surface area contributed by atoms with E-state index in [4.69, 9.17) is 0 Å². The lowest BCUT2D eigenvalue weighted by atomic mass is 10.0. The van der Waals surface area contributed by atoms with E-state index in [9.17, 15) is 13.6 Å². The van der Waals surface area contributed by atoms with Gasteiger partial charge in [-0.25, -0.2) is 13.6 Å². The number of rotatable bonds is 3. The van der Waals surface area contributed by atoms with E-state index < -0.39 is 17.6 Å². The van der Waals surface area contributed by atoms with Gasteiger partial charge in [0.15, 0.2) is 11.6 Å². The predicted octanol–water partition coefficient (Wildman–Crippen LogP) is 3.81. The van der Waals surface area contributed by atoms with Crippen molar-refractivity contribution in [3.63, 3.8) is 0 Å². The van der Waals surface area contributed by atoms with Crippen molar-refractivity contribution >= 4 is 5.97 Å². The zero-order valence-corrected chi connectivity index (χ0v) is 10.3. The Kier molecular flexibility index (Phi) is 3.90. The maximum Gasteiger partial charge on any atom is 0.341 e. The summed E-state index contributed by atoms with van der Waals surface area (Å²) in [5, 5.41) is 0. The molecule has 4 heteroatoms. The lowest BCUT2D eigenvalue weighted by molar-refractivity contribution is 0.0520. The molecule has 0 heterocycles. The van der Waals surface area contributed by atoms with Gasteiger partial charge in [-0.05, 0) is 18.6 Å². The third-order valence-electron chi connectivity index (χ3n) is 2.66. The average molecular weight is 262 g/mol. The van der Waals surface area contributed by atoms with Crippen molar-refractivity contribution in [2.24, 2.45) is 0 Å². The van der Waals surface area contributed by atoms with Crippen LogP contribution in [-0.4, -0.2) is 12.6 Å². The smallest absolute Gasteiger partial charge is 0.341 e. The summed E-state index contributed by atoms with van der Waals surface area (Å²) in [7, 11) is 0. The number of hydrogen-bond donors (Lipinski definition) is 0. The van der Waals surface area contributed by atoms with Crippen LogP contribution in [0.3, 0.4) is 0 Å². The molecule has 0 fully saturated rings. The second kappa shape index (κ2) is 5.61. The highest BCUT2D eigenvalue weighted by Gasteiger charge is 2.19. The Morgan fingerprint density at radius 2 is 1.74 bits per heavy atom. The summed E-state index contributed by atoms with van der Waals surface area (Å²) in [6, 6.07) is 11.2. The van der Waals surface area contributed by atoms with Gasteiger partial charge in [0.2, 0.25) is 0 Å². The monoisotopic (exact) mass is 262 g/mol. The van der Waals surface area contributed by atoms with Crippen LogP contribution in [0.4, 0.5) is 8.78 Å². The molecule has 0 bridgehead atoms. The molecule has 0 radical (unpaired) electrons. The summed E-state index contributed by atoms with van der Waals surface area (Å²) in [6.45, 7) is 1.71. The Morgan fingerprint density at radius 1 is 1.05 bits per heavy atom. The minimum absolute atomic E-state index is 0.111. The van der Waals surface area contributed by atoms with E-state index in [1.807, 2.05) is 0 Å². The Labute approximate surface area is 109 Å². The Morgan fingerprint density at radius 3 is 2.37 bits per heavy atom. The van der Waals surface area contributed by atoms with Crippen molar-refractivity contribution < 1.29 is 18.3 Å². The van der Waals surface area contributed by atoms with Crippen molar-refractivity contribution in [1.82, 2.24) is 0 Å². The molecule has 0 unspecified atom stereocenters. The second-order valence-electron chi connectivity index (χ2n) is 3.88. The molecule has 2 nitrogen and oxygen atoms in total. The van der Waals surface area contributed by atoms with E-state index in [0.29, 0.717) is 5.56 Å². The van der Waals surface area contributed by atoms with Crippen LogP contribution in [0.2, 0.25) is 0 Å². The molecule has 0 amide bonds. The minimum Gasteiger partial charge on any atom is -0.462 e. The van der Waals surface area contributed by atoms with Gasteiger partial charge in [0.05, 0.1) is 12.2 Å². The third kappa shape index (κ3) is 2.62. The van der Waals surface area contributed by atoms with E-state index in [0.717, 1.165) is 0 Å². The van der Waals surface area contributed by atoms with Gasteiger partial charge in [0, 0.05) is 5.56 Å². The molecular formula is C15H12F2O2. The SMILES string of the molecule is CCOC(=O)c1ccc(-c2ccccc2)c(F)c1F. The molecule has 0 atom stereocenters. The van der Waals surface area contributed by atoms with E-state index in [2.05, 4.69) is 4.74 Å². The van der Waals surface area contributed by atoms with Crippen molar-refractivity contribution in [3.8, 4) is 11.1 Å². The number of ether oxygens (including phenoxy) is 1. The van der Waals surface area contributed by atoms with Crippen LogP contribution in [0.1, 0.15) is 17.3 Å². The van der Waals surface area contributed by atoms with Crippen LogP contribution in [-0.2, 0) is 4.74 Å². The molecule has 19 heavy (non-hydrogen) atoms. The summed E-state index contributed by atoms with van der Waals surface area (Å²) >= 11 is 0. The fourth-order valence-corrected chi connectivity index (χ4v) is 1.76. The van der Waals surface area contributed by atoms with Crippen molar-refractivity contribution in [1.29, 1.82) is 0 Å². The summed E-state index contributed by atoms with van der Waals surface area (Å²) in [6.07, 6.45) is 0. The quantitative estimate of drug-likeness (QED) is 0.786. The van der Waals surface area contributed by atoms with Gasteiger partial charge in [-0.2, -0.15) is 0 Å². The van der Waals surface area contributed by atoms with Crippen molar-refractivity contribution in [3.05, 3.63) is 59.7 Å². The largest absolute Gasteiger partial charge is 0.462 e. The minimum atomic E-state index is -1.18. The van der Waals surface area contributed by atoms with E-state index >= 15 is 0 Å². The topological polar surface area (TPSA) is 26.3 Å². The number of esters is 1. The maximum absolute atomic E-state index is 14.0. The molecule has 0 aliphatic rings. The first-order valence-corrected chi connectivity index (χ1v) is 5.85. The fourth-order valence-electron chi connectivity index (χ4n) is 1.76. The number of halogens is 2. The molecule has 0 N–H and O–H groups in total. The first kappa shape index (κ1) is 13.2. The molecule has 0 aromatic heterocycles. The summed E-state index contributed by atoms with van der Waals surface area (Å²) in [5.41, 5.74) is 0.277. The lowest BCUT2D eigenvalue weighted by Gasteiger charge is -2.08. The Bertz CT molecular complexity index is 595. The standard InChI is InChI=1S/C15H12F2O2/c1-2-19-15(18)12-9-8-11(13(16)14(12)17)10-6-4-3-5-7-10/h3-9H,2H2,1H3. The van der Waals surface area contributed by atoms with Crippen LogP contribution in [0.5, 0.6) is 0 Å². The summed E-state index contributed by atoms with van der Waals surface area (Å²) < 4.78 is 32.5. The van der Waals surface area contributed by atoms with Gasteiger partial charge < -0.3 is 4.74 Å².